The molecule has 168 valence electrons. The molecule has 0 amide bonds. The molecule has 0 radical (unpaired) electrons. The van der Waals surface area contributed by atoms with Crippen LogP contribution in [0.4, 0.5) is 0 Å². The van der Waals surface area contributed by atoms with E-state index in [9.17, 15) is 0 Å². The van der Waals surface area contributed by atoms with Crippen LogP contribution in [0.1, 0.15) is 92.9 Å². The topological polar surface area (TPSA) is 9.72 Å². The van der Waals surface area contributed by atoms with Gasteiger partial charge in [0.1, 0.15) is 0 Å². The first-order chi connectivity index (χ1) is 13.6. The number of likely N-dealkylation sites (tertiary alicyclic amines) is 3. The SMILES string of the molecule is CC(C)(C)C1CCCN(C2CCN(C3CC4(CCN(C(C)(C)C)CC4)C3)CC2)C1. The average molecular weight is 404 g/mol. The van der Waals surface area contributed by atoms with E-state index >= 15 is 0 Å². The van der Waals surface area contributed by atoms with Gasteiger partial charge in [0, 0.05) is 24.2 Å². The van der Waals surface area contributed by atoms with Gasteiger partial charge in [-0.25, -0.2) is 0 Å². The Morgan fingerprint density at radius 1 is 0.690 bits per heavy atom. The van der Waals surface area contributed by atoms with E-state index in [4.69, 9.17) is 0 Å². The maximum atomic E-state index is 2.88. The lowest BCUT2D eigenvalue weighted by Gasteiger charge is -2.57. The molecule has 3 heteroatoms. The first-order valence-corrected chi connectivity index (χ1v) is 12.8. The van der Waals surface area contributed by atoms with E-state index in [0.717, 1.165) is 18.0 Å². The van der Waals surface area contributed by atoms with E-state index < -0.39 is 0 Å². The molecular weight excluding hydrogens is 354 g/mol. The van der Waals surface area contributed by atoms with Crippen LogP contribution >= 0.6 is 0 Å². The summed E-state index contributed by atoms with van der Waals surface area (Å²) in [6, 6.07) is 1.77. The molecular formula is C26H49N3. The summed E-state index contributed by atoms with van der Waals surface area (Å²) in [7, 11) is 0. The molecule has 0 bridgehead atoms. The van der Waals surface area contributed by atoms with Gasteiger partial charge in [-0.05, 0) is 122 Å². The highest BCUT2D eigenvalue weighted by molar-refractivity contribution is 5.03. The van der Waals surface area contributed by atoms with Gasteiger partial charge < -0.3 is 4.90 Å². The van der Waals surface area contributed by atoms with Crippen LogP contribution in [0, 0.1) is 16.7 Å². The van der Waals surface area contributed by atoms with E-state index in [2.05, 4.69) is 56.2 Å². The van der Waals surface area contributed by atoms with Gasteiger partial charge in [-0.2, -0.15) is 0 Å². The summed E-state index contributed by atoms with van der Waals surface area (Å²) < 4.78 is 0. The van der Waals surface area contributed by atoms with Gasteiger partial charge >= 0.3 is 0 Å². The Hall–Kier alpha value is -0.120. The number of rotatable bonds is 2. The van der Waals surface area contributed by atoms with Gasteiger partial charge in [0.15, 0.2) is 0 Å². The zero-order valence-electron chi connectivity index (χ0n) is 20.5. The molecule has 1 aliphatic carbocycles. The van der Waals surface area contributed by atoms with E-state index in [0.29, 0.717) is 16.4 Å². The van der Waals surface area contributed by atoms with Crippen molar-refractivity contribution in [2.45, 2.75) is 111 Å². The highest BCUT2D eigenvalue weighted by atomic mass is 15.2. The third kappa shape index (κ3) is 4.88. The fourth-order valence-electron chi connectivity index (χ4n) is 6.92. The first-order valence-electron chi connectivity index (χ1n) is 12.8. The molecule has 4 aliphatic rings. The van der Waals surface area contributed by atoms with E-state index in [1.54, 1.807) is 0 Å². The molecule has 1 spiro atoms. The molecule has 0 N–H and O–H groups in total. The van der Waals surface area contributed by atoms with Gasteiger partial charge in [-0.3, -0.25) is 9.80 Å². The Balaban J connectivity index is 1.21. The molecule has 3 saturated heterocycles. The molecule has 0 aromatic carbocycles. The lowest BCUT2D eigenvalue weighted by molar-refractivity contribution is -0.0687. The molecule has 4 rings (SSSR count). The van der Waals surface area contributed by atoms with Gasteiger partial charge in [-0.15, -0.1) is 0 Å². The van der Waals surface area contributed by atoms with Crippen LogP contribution in [0.25, 0.3) is 0 Å². The first kappa shape index (κ1) is 22.1. The van der Waals surface area contributed by atoms with Crippen molar-refractivity contribution < 1.29 is 0 Å². The van der Waals surface area contributed by atoms with Crippen molar-refractivity contribution in [3.8, 4) is 0 Å². The van der Waals surface area contributed by atoms with E-state index in [-0.39, 0.29) is 0 Å². The zero-order valence-corrected chi connectivity index (χ0v) is 20.5. The van der Waals surface area contributed by atoms with Crippen LogP contribution in [-0.2, 0) is 0 Å². The zero-order chi connectivity index (χ0) is 20.9. The van der Waals surface area contributed by atoms with Crippen molar-refractivity contribution >= 4 is 0 Å². The molecule has 4 fully saturated rings. The maximum absolute atomic E-state index is 2.88. The predicted octanol–water partition coefficient (Wildman–Crippen LogP) is 5.25. The largest absolute Gasteiger partial charge is 0.300 e. The highest BCUT2D eigenvalue weighted by Crippen LogP contribution is 2.52. The van der Waals surface area contributed by atoms with Gasteiger partial charge in [0.05, 0.1) is 0 Å². The number of piperidine rings is 3. The van der Waals surface area contributed by atoms with Crippen molar-refractivity contribution in [2.24, 2.45) is 16.7 Å². The van der Waals surface area contributed by atoms with Crippen molar-refractivity contribution in [3.05, 3.63) is 0 Å². The number of nitrogens with zero attached hydrogens (tertiary/aromatic N) is 3. The third-order valence-electron chi connectivity index (χ3n) is 9.32. The predicted molar refractivity (Wildman–Crippen MR) is 124 cm³/mol. The second-order valence-electron chi connectivity index (χ2n) is 13.2. The Labute approximate surface area is 181 Å². The van der Waals surface area contributed by atoms with Crippen LogP contribution < -0.4 is 0 Å². The Morgan fingerprint density at radius 2 is 1.31 bits per heavy atom. The molecule has 3 nitrogen and oxygen atoms in total. The molecule has 0 aromatic rings. The molecule has 3 heterocycles. The molecule has 3 aliphatic heterocycles. The second-order valence-corrected chi connectivity index (χ2v) is 13.2. The highest BCUT2D eigenvalue weighted by Gasteiger charge is 2.49. The van der Waals surface area contributed by atoms with Crippen molar-refractivity contribution in [2.75, 3.05) is 39.3 Å². The minimum atomic E-state index is 0.354. The molecule has 29 heavy (non-hydrogen) atoms. The van der Waals surface area contributed by atoms with Gasteiger partial charge in [0.2, 0.25) is 0 Å². The van der Waals surface area contributed by atoms with Crippen LogP contribution in [0.15, 0.2) is 0 Å². The Morgan fingerprint density at radius 3 is 1.86 bits per heavy atom. The van der Waals surface area contributed by atoms with Gasteiger partial charge in [-0.1, -0.05) is 20.8 Å². The summed E-state index contributed by atoms with van der Waals surface area (Å²) >= 11 is 0. The van der Waals surface area contributed by atoms with E-state index in [1.807, 2.05) is 0 Å². The van der Waals surface area contributed by atoms with Crippen molar-refractivity contribution in [3.63, 3.8) is 0 Å². The summed E-state index contributed by atoms with van der Waals surface area (Å²) in [5, 5.41) is 0. The fourth-order valence-corrected chi connectivity index (χ4v) is 6.92. The quantitative estimate of drug-likeness (QED) is 0.623. The standard InChI is InChI=1S/C26H49N3/c1-24(2,3)21-8-7-13-28(20-21)22-9-14-27(15-10-22)23-18-26(19-23)11-16-29(17-12-26)25(4,5)6/h21-23H,7-20H2,1-6H3. The average Bonchev–Trinajstić information content (AvgIpc) is 2.65. The Kier molecular flexibility index (Phi) is 6.17. The summed E-state index contributed by atoms with van der Waals surface area (Å²) in [4.78, 5) is 8.46. The lowest BCUT2D eigenvalue weighted by atomic mass is 9.59. The van der Waals surface area contributed by atoms with Crippen molar-refractivity contribution in [1.29, 1.82) is 0 Å². The smallest absolute Gasteiger partial charge is 0.0125 e. The monoisotopic (exact) mass is 403 g/mol. The van der Waals surface area contributed by atoms with Crippen LogP contribution in [0.5, 0.6) is 0 Å². The lowest BCUT2D eigenvalue weighted by Crippen LogP contribution is -2.59. The second kappa shape index (κ2) is 8.10. The summed E-state index contributed by atoms with van der Waals surface area (Å²) in [5.41, 5.74) is 1.53. The number of hydrogen-bond donors (Lipinski definition) is 0. The minimum Gasteiger partial charge on any atom is -0.300 e. The van der Waals surface area contributed by atoms with Crippen LogP contribution in [0.3, 0.4) is 0 Å². The molecule has 1 unspecified atom stereocenters. The minimum absolute atomic E-state index is 0.354. The molecule has 1 saturated carbocycles. The molecule has 0 aromatic heterocycles. The third-order valence-corrected chi connectivity index (χ3v) is 9.32. The van der Waals surface area contributed by atoms with Gasteiger partial charge in [0.25, 0.3) is 0 Å². The summed E-state index contributed by atoms with van der Waals surface area (Å²) in [6.45, 7) is 22.5. The van der Waals surface area contributed by atoms with Crippen LogP contribution in [-0.4, -0.2) is 71.6 Å². The summed E-state index contributed by atoms with van der Waals surface area (Å²) in [6.07, 6.45) is 11.6. The maximum Gasteiger partial charge on any atom is 0.0125 e. The number of hydrogen-bond acceptors (Lipinski definition) is 3. The fraction of sp³-hybridized carbons (Fsp3) is 1.00. The van der Waals surface area contributed by atoms with Crippen molar-refractivity contribution in [1.82, 2.24) is 14.7 Å². The van der Waals surface area contributed by atoms with Crippen LogP contribution in [0.2, 0.25) is 0 Å². The summed E-state index contributed by atoms with van der Waals surface area (Å²) in [5.74, 6) is 0.889. The van der Waals surface area contributed by atoms with E-state index in [1.165, 1.54) is 90.6 Å². The Bertz CT molecular complexity index is 533. The molecule has 1 atom stereocenters. The normalized spacial score (nSPS) is 31.9.